The first-order valence-electron chi connectivity index (χ1n) is 7.10. The first kappa shape index (κ1) is 16.7. The van der Waals surface area contributed by atoms with Crippen molar-refractivity contribution in [3.63, 3.8) is 0 Å². The van der Waals surface area contributed by atoms with Gasteiger partial charge < -0.3 is 9.47 Å². The molecule has 9 heteroatoms. The Morgan fingerprint density at radius 1 is 1.20 bits per heavy atom. The number of nitro benzene ring substituents is 1. The molecule has 0 aliphatic heterocycles. The second-order valence-electron chi connectivity index (χ2n) is 4.95. The average Bonchev–Trinajstić information content (AvgIpc) is 3.02. The summed E-state index contributed by atoms with van der Waals surface area (Å²) in [4.78, 5) is 27.2. The maximum absolute atomic E-state index is 12.5. The number of nitrogens with zero attached hydrogens (tertiary/aromatic N) is 2. The van der Waals surface area contributed by atoms with Gasteiger partial charge in [0.2, 0.25) is 0 Å². The molecule has 1 amide bonds. The number of nitro groups is 1. The van der Waals surface area contributed by atoms with E-state index in [0.717, 1.165) is 11.3 Å². The van der Waals surface area contributed by atoms with Gasteiger partial charge in [-0.1, -0.05) is 11.3 Å². The van der Waals surface area contributed by atoms with Crippen LogP contribution in [0.3, 0.4) is 0 Å². The molecule has 0 radical (unpaired) electrons. The molecule has 0 atom stereocenters. The Bertz CT molecular complexity index is 970. The number of fused-ring (bicyclic) bond motifs is 1. The number of thiazole rings is 1. The summed E-state index contributed by atoms with van der Waals surface area (Å²) in [5.41, 5.74) is 0.846. The molecule has 0 saturated carbocycles. The predicted octanol–water partition coefficient (Wildman–Crippen LogP) is 3.47. The summed E-state index contributed by atoms with van der Waals surface area (Å²) >= 11 is 1.16. The number of ether oxygens (including phenoxy) is 2. The van der Waals surface area contributed by atoms with Crippen molar-refractivity contribution in [1.82, 2.24) is 4.98 Å². The number of hydrogen-bond acceptors (Lipinski definition) is 7. The fourth-order valence-electron chi connectivity index (χ4n) is 2.24. The zero-order valence-electron chi connectivity index (χ0n) is 13.3. The summed E-state index contributed by atoms with van der Waals surface area (Å²) in [6.45, 7) is 0. The fourth-order valence-corrected chi connectivity index (χ4v) is 3.13. The van der Waals surface area contributed by atoms with Crippen LogP contribution in [0.1, 0.15) is 10.4 Å². The van der Waals surface area contributed by atoms with Gasteiger partial charge in [0.05, 0.1) is 34.9 Å². The van der Waals surface area contributed by atoms with Crippen LogP contribution in [0.2, 0.25) is 0 Å². The topological polar surface area (TPSA) is 104 Å². The number of non-ortho nitro benzene ring substituents is 1. The SMILES string of the molecule is COc1ccc(OC)c(C(=O)Nc2nc3ccc([N+](=O)[O-])cc3s2)c1. The van der Waals surface area contributed by atoms with Crippen molar-refractivity contribution in [3.8, 4) is 11.5 Å². The van der Waals surface area contributed by atoms with Gasteiger partial charge in [-0.15, -0.1) is 0 Å². The van der Waals surface area contributed by atoms with Crippen LogP contribution in [0.4, 0.5) is 10.8 Å². The van der Waals surface area contributed by atoms with Crippen LogP contribution in [-0.2, 0) is 0 Å². The van der Waals surface area contributed by atoms with Gasteiger partial charge >= 0.3 is 0 Å². The van der Waals surface area contributed by atoms with E-state index in [9.17, 15) is 14.9 Å². The van der Waals surface area contributed by atoms with Crippen molar-refractivity contribution in [2.75, 3.05) is 19.5 Å². The van der Waals surface area contributed by atoms with Gasteiger partial charge in [-0.2, -0.15) is 0 Å². The number of anilines is 1. The minimum Gasteiger partial charge on any atom is -0.497 e. The van der Waals surface area contributed by atoms with Crippen LogP contribution in [0.25, 0.3) is 10.2 Å². The van der Waals surface area contributed by atoms with E-state index in [0.29, 0.717) is 32.4 Å². The molecule has 3 rings (SSSR count). The number of nitrogens with one attached hydrogen (secondary N) is 1. The summed E-state index contributed by atoms with van der Waals surface area (Å²) in [5.74, 6) is 0.505. The maximum atomic E-state index is 12.5. The van der Waals surface area contributed by atoms with Crippen molar-refractivity contribution < 1.29 is 19.2 Å². The Hall–Kier alpha value is -3.20. The van der Waals surface area contributed by atoms with Gasteiger partial charge in [0.15, 0.2) is 5.13 Å². The Morgan fingerprint density at radius 3 is 2.68 bits per heavy atom. The molecule has 3 aromatic rings. The molecule has 8 nitrogen and oxygen atoms in total. The van der Waals surface area contributed by atoms with E-state index in [1.807, 2.05) is 0 Å². The lowest BCUT2D eigenvalue weighted by Gasteiger charge is -2.09. The summed E-state index contributed by atoms with van der Waals surface area (Å²) < 4.78 is 10.9. The van der Waals surface area contributed by atoms with Gasteiger partial charge in [0, 0.05) is 12.1 Å². The molecule has 1 aromatic heterocycles. The molecule has 0 bridgehead atoms. The minimum absolute atomic E-state index is 0.0245. The second kappa shape index (κ2) is 6.73. The number of benzene rings is 2. The highest BCUT2D eigenvalue weighted by Gasteiger charge is 2.16. The highest BCUT2D eigenvalue weighted by molar-refractivity contribution is 7.22. The molecule has 0 aliphatic carbocycles. The third kappa shape index (κ3) is 3.36. The van der Waals surface area contributed by atoms with E-state index in [1.54, 1.807) is 24.3 Å². The second-order valence-corrected chi connectivity index (χ2v) is 5.98. The number of carbonyl (C=O) groups is 1. The Labute approximate surface area is 146 Å². The lowest BCUT2D eigenvalue weighted by molar-refractivity contribution is -0.384. The molecule has 0 fully saturated rings. The minimum atomic E-state index is -0.474. The number of amides is 1. The molecule has 2 aromatic carbocycles. The van der Waals surface area contributed by atoms with E-state index in [4.69, 9.17) is 9.47 Å². The Balaban J connectivity index is 1.90. The molecule has 0 saturated heterocycles. The third-order valence-corrected chi connectivity index (χ3v) is 4.39. The molecule has 0 aliphatic rings. The molecule has 0 spiro atoms. The normalized spacial score (nSPS) is 10.5. The summed E-state index contributed by atoms with van der Waals surface area (Å²) in [6, 6.07) is 9.23. The molecule has 0 unspecified atom stereocenters. The highest BCUT2D eigenvalue weighted by Crippen LogP contribution is 2.30. The first-order chi connectivity index (χ1) is 12.0. The van der Waals surface area contributed by atoms with E-state index < -0.39 is 10.8 Å². The number of aromatic nitrogens is 1. The van der Waals surface area contributed by atoms with Crippen LogP contribution >= 0.6 is 11.3 Å². The van der Waals surface area contributed by atoms with Gasteiger partial charge in [0.1, 0.15) is 11.5 Å². The van der Waals surface area contributed by atoms with E-state index in [-0.39, 0.29) is 5.69 Å². The molecule has 1 heterocycles. The lowest BCUT2D eigenvalue weighted by Crippen LogP contribution is -2.13. The molecule has 128 valence electrons. The van der Waals surface area contributed by atoms with Crippen LogP contribution < -0.4 is 14.8 Å². The summed E-state index contributed by atoms with van der Waals surface area (Å²) in [5, 5.41) is 13.9. The number of rotatable bonds is 5. The lowest BCUT2D eigenvalue weighted by atomic mass is 10.2. The molecule has 1 N–H and O–H groups in total. The van der Waals surface area contributed by atoms with E-state index in [2.05, 4.69) is 10.3 Å². The molecular formula is C16H13N3O5S. The van der Waals surface area contributed by atoms with Crippen molar-refractivity contribution in [2.45, 2.75) is 0 Å². The maximum Gasteiger partial charge on any atom is 0.270 e. The van der Waals surface area contributed by atoms with Gasteiger partial charge in [0.25, 0.3) is 11.6 Å². The van der Waals surface area contributed by atoms with Crippen molar-refractivity contribution >= 4 is 38.3 Å². The van der Waals surface area contributed by atoms with Crippen LogP contribution in [0.5, 0.6) is 11.5 Å². The third-order valence-electron chi connectivity index (χ3n) is 3.45. The van der Waals surface area contributed by atoms with Crippen molar-refractivity contribution in [1.29, 1.82) is 0 Å². The smallest absolute Gasteiger partial charge is 0.270 e. The zero-order valence-corrected chi connectivity index (χ0v) is 14.1. The van der Waals surface area contributed by atoms with Gasteiger partial charge in [-0.05, 0) is 24.3 Å². The van der Waals surface area contributed by atoms with E-state index >= 15 is 0 Å². The highest BCUT2D eigenvalue weighted by atomic mass is 32.1. The number of carbonyl (C=O) groups excluding carboxylic acids is 1. The van der Waals surface area contributed by atoms with E-state index in [1.165, 1.54) is 26.4 Å². The summed E-state index contributed by atoms with van der Waals surface area (Å²) in [6.07, 6.45) is 0. The van der Waals surface area contributed by atoms with Crippen LogP contribution in [0.15, 0.2) is 36.4 Å². The summed E-state index contributed by atoms with van der Waals surface area (Å²) in [7, 11) is 2.97. The zero-order chi connectivity index (χ0) is 18.0. The van der Waals surface area contributed by atoms with Gasteiger partial charge in [-0.3, -0.25) is 20.2 Å². The standard InChI is InChI=1S/C16H13N3O5S/c1-23-10-4-6-13(24-2)11(8-10)15(20)18-16-17-12-5-3-9(19(21)22)7-14(12)25-16/h3-8H,1-2H3,(H,17,18,20). The van der Waals surface area contributed by atoms with Crippen LogP contribution in [-0.4, -0.2) is 30.0 Å². The van der Waals surface area contributed by atoms with Crippen molar-refractivity contribution in [3.05, 3.63) is 52.1 Å². The first-order valence-corrected chi connectivity index (χ1v) is 7.92. The Morgan fingerprint density at radius 2 is 2.00 bits per heavy atom. The van der Waals surface area contributed by atoms with Crippen LogP contribution in [0, 0.1) is 10.1 Å². The van der Waals surface area contributed by atoms with Crippen molar-refractivity contribution in [2.24, 2.45) is 0 Å². The average molecular weight is 359 g/mol. The number of methoxy groups -OCH3 is 2. The number of hydrogen-bond donors (Lipinski definition) is 1. The predicted molar refractivity (Wildman–Crippen MR) is 93.8 cm³/mol. The monoisotopic (exact) mass is 359 g/mol. The molecular weight excluding hydrogens is 346 g/mol. The fraction of sp³-hybridized carbons (Fsp3) is 0.125. The molecule has 25 heavy (non-hydrogen) atoms. The Kier molecular flexibility index (Phi) is 4.48. The quantitative estimate of drug-likeness (QED) is 0.552. The largest absolute Gasteiger partial charge is 0.497 e. The van der Waals surface area contributed by atoms with Gasteiger partial charge in [-0.25, -0.2) is 4.98 Å².